The Hall–Kier alpha value is -5.48. The van der Waals surface area contributed by atoms with Crippen LogP contribution in [0.4, 0.5) is 35.1 Å². The quantitative estimate of drug-likeness (QED) is 0.141. The van der Waals surface area contributed by atoms with Gasteiger partial charge in [-0.2, -0.15) is 0 Å². The van der Waals surface area contributed by atoms with E-state index in [-0.39, 0.29) is 35.3 Å². The first-order valence-electron chi connectivity index (χ1n) is 34.4. The number of aryl methyl sites for hydroxylation is 10. The summed E-state index contributed by atoms with van der Waals surface area (Å²) in [6.45, 7) is 47.6. The minimum absolute atomic E-state index is 0.0196. The Kier molecular flexibility index (Phi) is 44.5. The van der Waals surface area contributed by atoms with Gasteiger partial charge in [0.05, 0.1) is 38.6 Å². The van der Waals surface area contributed by atoms with Crippen LogP contribution in [0.15, 0.2) is 97.1 Å². The summed E-state index contributed by atoms with van der Waals surface area (Å²) in [5.74, 6) is 1.18. The molecule has 5 fully saturated rings. The van der Waals surface area contributed by atoms with Crippen LogP contribution in [0.5, 0.6) is 0 Å². The normalized spacial score (nSPS) is 22.3. The first-order chi connectivity index (χ1) is 45.0. The van der Waals surface area contributed by atoms with Gasteiger partial charge in [-0.3, -0.25) is 0 Å². The van der Waals surface area contributed by atoms with Gasteiger partial charge in [-0.05, 0) is 241 Å². The summed E-state index contributed by atoms with van der Waals surface area (Å²) < 4.78 is 132. The fourth-order valence-electron chi connectivity index (χ4n) is 9.17. The monoisotopic (exact) mass is 1350 g/mol. The van der Waals surface area contributed by atoms with Crippen LogP contribution in [0, 0.1) is 165 Å². The Labute approximate surface area is 575 Å². The van der Waals surface area contributed by atoms with Crippen LogP contribution in [0.1, 0.15) is 187 Å². The van der Waals surface area contributed by atoms with Crippen molar-refractivity contribution in [3.05, 3.63) is 210 Å². The summed E-state index contributed by atoms with van der Waals surface area (Å²) in [4.78, 5) is 0. The molecule has 4 unspecified atom stereocenters. The van der Waals surface area contributed by atoms with Gasteiger partial charge < -0.3 is 28.4 Å². The Morgan fingerprint density at radius 2 is 0.469 bits per heavy atom. The second kappa shape index (κ2) is 48.3. The summed E-state index contributed by atoms with van der Waals surface area (Å²) in [7, 11) is 0. The molecule has 6 nitrogen and oxygen atoms in total. The predicted octanol–water partition coefficient (Wildman–Crippen LogP) is 23.4. The second-order valence-corrected chi connectivity index (χ2v) is 27.4. The van der Waals surface area contributed by atoms with Gasteiger partial charge in [-0.1, -0.05) is 139 Å². The van der Waals surface area contributed by atoms with E-state index in [9.17, 15) is 35.1 Å². The van der Waals surface area contributed by atoms with E-state index in [1.165, 1.54) is 127 Å². The fraction of sp³-hybridized carbons (Fsp3) is 0.561. The highest BCUT2D eigenvalue weighted by atomic mass is 19.2. The van der Waals surface area contributed by atoms with Crippen LogP contribution in [0.25, 0.3) is 0 Å². The Morgan fingerprint density at radius 3 is 0.688 bits per heavy atom. The smallest absolute Gasteiger partial charge is 0.161 e. The van der Waals surface area contributed by atoms with E-state index in [1.807, 2.05) is 39.8 Å². The third kappa shape index (κ3) is 40.4. The minimum Gasteiger partial charge on any atom is -0.378 e. The summed E-state index contributed by atoms with van der Waals surface area (Å²) in [6.07, 6.45) is 12.2. The zero-order valence-electron chi connectivity index (χ0n) is 62.4. The Bertz CT molecular complexity index is 2680. The molecule has 0 aromatic heterocycles. The van der Waals surface area contributed by atoms with Crippen molar-refractivity contribution in [3.8, 4) is 0 Å². The molecular formula is C82H120F8O6. The van der Waals surface area contributed by atoms with Gasteiger partial charge in [-0.15, -0.1) is 0 Å². The summed E-state index contributed by atoms with van der Waals surface area (Å²) in [5, 5.41) is 0. The predicted molar refractivity (Wildman–Crippen MR) is 381 cm³/mol. The van der Waals surface area contributed by atoms with E-state index in [0.717, 1.165) is 74.4 Å². The van der Waals surface area contributed by atoms with Crippen molar-refractivity contribution in [2.45, 2.75) is 228 Å². The second-order valence-electron chi connectivity index (χ2n) is 27.4. The highest BCUT2D eigenvalue weighted by Crippen LogP contribution is 2.27. The maximum absolute atomic E-state index is 12.6. The highest BCUT2D eigenvalue weighted by Gasteiger charge is 2.17. The molecule has 4 atom stereocenters. The standard InChI is InChI=1S/3C8H8F2.2C8H9F.C8H16.C8H10.2C7H14O.2C6H12O2/c2*1-5-3-7(9)6(2)8(10)4-5;1-5-3-4-6(2)8(10)7(5)9;2*1-6-3-4-7(2)8(9)5-6;2*1-7-3-5-8(2)6-4-7;2*1-6-3-4-7(2)8-5-6;2*1-5-3-7-6(2)8-4-5/h3*3-4H,1-2H3;2*3-5H,1-2H3;7-8H,3-6H2,1-2H3;3-6H,1-2H3;2*6-7H,3-5H2,1-2H3;2*5-6H,3-4H2,1-2H3. The van der Waals surface area contributed by atoms with Crippen molar-refractivity contribution >= 4 is 0 Å². The lowest BCUT2D eigenvalue weighted by Crippen LogP contribution is -2.27. The lowest BCUT2D eigenvalue weighted by molar-refractivity contribution is -0.187. The average molecular weight is 1350 g/mol. The molecule has 0 radical (unpaired) electrons. The van der Waals surface area contributed by atoms with Gasteiger partial charge in [0.2, 0.25) is 0 Å². The summed E-state index contributed by atoms with van der Waals surface area (Å²) in [5.41, 5.74) is 8.12. The van der Waals surface area contributed by atoms with Gasteiger partial charge in [-0.25, -0.2) is 35.1 Å². The number of ether oxygens (including phenoxy) is 6. The highest BCUT2D eigenvalue weighted by molar-refractivity contribution is 5.27. The maximum atomic E-state index is 12.6. The average Bonchev–Trinajstić information content (AvgIpc) is 0.926. The van der Waals surface area contributed by atoms with Crippen LogP contribution in [-0.2, 0) is 28.4 Å². The molecule has 1 aliphatic carbocycles. The molecule has 5 aliphatic rings. The number of rotatable bonds is 0. The third-order valence-electron chi connectivity index (χ3n) is 16.4. The van der Waals surface area contributed by atoms with Gasteiger partial charge in [0.25, 0.3) is 0 Å². The fourth-order valence-corrected chi connectivity index (χ4v) is 9.17. The van der Waals surface area contributed by atoms with Crippen molar-refractivity contribution < 1.29 is 63.5 Å². The molecule has 14 heteroatoms. The Balaban J connectivity index is 0.000000529. The molecule has 6 aromatic rings. The topological polar surface area (TPSA) is 55.4 Å². The van der Waals surface area contributed by atoms with Crippen LogP contribution < -0.4 is 0 Å². The van der Waals surface area contributed by atoms with Gasteiger partial charge in [0.1, 0.15) is 34.9 Å². The van der Waals surface area contributed by atoms with E-state index in [0.29, 0.717) is 57.4 Å². The number of halogens is 8. The van der Waals surface area contributed by atoms with Crippen molar-refractivity contribution in [1.82, 2.24) is 0 Å². The molecule has 4 saturated heterocycles. The minimum atomic E-state index is -0.736. The molecule has 4 aliphatic heterocycles. The number of benzene rings is 6. The molecular weight excluding hydrogens is 1230 g/mol. The molecule has 1 saturated carbocycles. The maximum Gasteiger partial charge on any atom is 0.161 e. The van der Waals surface area contributed by atoms with Gasteiger partial charge in [0.15, 0.2) is 24.2 Å². The summed E-state index contributed by atoms with van der Waals surface area (Å²) in [6, 6.07) is 27.3. The first-order valence-corrected chi connectivity index (χ1v) is 34.4. The molecule has 11 rings (SSSR count). The van der Waals surface area contributed by atoms with Crippen molar-refractivity contribution in [1.29, 1.82) is 0 Å². The van der Waals surface area contributed by atoms with Gasteiger partial charge in [0, 0.05) is 36.2 Å². The van der Waals surface area contributed by atoms with E-state index in [4.69, 9.17) is 28.4 Å². The van der Waals surface area contributed by atoms with Gasteiger partial charge >= 0.3 is 0 Å². The van der Waals surface area contributed by atoms with Crippen LogP contribution in [0.2, 0.25) is 0 Å². The number of hydrogen-bond donors (Lipinski definition) is 0. The van der Waals surface area contributed by atoms with Crippen molar-refractivity contribution in [3.63, 3.8) is 0 Å². The van der Waals surface area contributed by atoms with Crippen molar-refractivity contribution in [2.75, 3.05) is 39.6 Å². The summed E-state index contributed by atoms with van der Waals surface area (Å²) >= 11 is 0. The van der Waals surface area contributed by atoms with E-state index in [2.05, 4.69) is 93.5 Å². The lowest BCUT2D eigenvalue weighted by atomic mass is 9.84. The molecule has 540 valence electrons. The SMILES string of the molecule is CC1CCC(C)CC1.CC1CCC(C)OC1.CC1CCC(C)OC1.CC1COC(C)OC1.CC1COC(C)OC1.Cc1cc(F)c(C)c(F)c1.Cc1cc(F)c(C)c(F)c1.Cc1ccc(C)c(F)c1.Cc1ccc(C)c(F)c1.Cc1ccc(C)c(F)c1F.Cc1ccc(C)cc1. The zero-order valence-corrected chi connectivity index (χ0v) is 62.4. The third-order valence-corrected chi connectivity index (χ3v) is 16.4. The largest absolute Gasteiger partial charge is 0.378 e. The Morgan fingerprint density at radius 1 is 0.240 bits per heavy atom. The van der Waals surface area contributed by atoms with E-state index < -0.39 is 34.9 Å². The first kappa shape index (κ1) is 88.5. The molecule has 0 bridgehead atoms. The van der Waals surface area contributed by atoms with E-state index >= 15 is 0 Å². The van der Waals surface area contributed by atoms with Crippen molar-refractivity contribution in [2.24, 2.45) is 35.5 Å². The molecule has 0 amide bonds. The lowest BCUT2D eigenvalue weighted by Gasteiger charge is -2.24. The zero-order chi connectivity index (χ0) is 72.8. The molecule has 96 heavy (non-hydrogen) atoms. The van der Waals surface area contributed by atoms with Crippen LogP contribution in [-0.4, -0.2) is 64.4 Å². The molecule has 0 spiro atoms. The molecule has 0 N–H and O–H groups in total. The molecule has 6 aromatic carbocycles. The van der Waals surface area contributed by atoms with E-state index in [1.54, 1.807) is 52.0 Å². The van der Waals surface area contributed by atoms with Crippen LogP contribution in [0.3, 0.4) is 0 Å². The van der Waals surface area contributed by atoms with Crippen LogP contribution >= 0.6 is 0 Å². The number of hydrogen-bond acceptors (Lipinski definition) is 6. The molecule has 4 heterocycles.